The van der Waals surface area contributed by atoms with Crippen molar-refractivity contribution in [3.05, 3.63) is 77.4 Å². The zero-order valence-electron chi connectivity index (χ0n) is 22.1. The topological polar surface area (TPSA) is 79.8 Å². The number of aliphatic hydroxyl groups is 1. The van der Waals surface area contributed by atoms with Gasteiger partial charge in [-0.3, -0.25) is 0 Å². The molecule has 0 aliphatic carbocycles. The zero-order chi connectivity index (χ0) is 26.0. The van der Waals surface area contributed by atoms with Crippen molar-refractivity contribution in [1.82, 2.24) is 10.6 Å². The van der Waals surface area contributed by atoms with Crippen LogP contribution in [0.4, 0.5) is 4.79 Å². The minimum absolute atomic E-state index is 0.317. The van der Waals surface area contributed by atoms with Gasteiger partial charge in [-0.25, -0.2) is 4.79 Å². The van der Waals surface area contributed by atoms with E-state index in [2.05, 4.69) is 55.3 Å². The highest BCUT2D eigenvalue weighted by atomic mass is 16.6. The second-order valence-electron chi connectivity index (χ2n) is 10.3. The second kappa shape index (κ2) is 13.3. The van der Waals surface area contributed by atoms with Crippen LogP contribution in [0.5, 0.6) is 5.75 Å². The Morgan fingerprint density at radius 2 is 1.89 bits per heavy atom. The highest BCUT2D eigenvalue weighted by Crippen LogP contribution is 2.20. The summed E-state index contributed by atoms with van der Waals surface area (Å²) >= 11 is 0. The van der Waals surface area contributed by atoms with Crippen molar-refractivity contribution in [1.29, 1.82) is 0 Å². The second-order valence-corrected chi connectivity index (χ2v) is 10.3. The standard InChI is InChI=1S/C29H42N2O4/c1-8-12-34-25-14-21(4)13-23(16-25)17-26(31-28(33)35-29(5,6)7)27(32)19-30-18-22-10-9-11-24(15-22)20(2)3/h8-11,13-16,20,26-27,30,32H,1,12,17-19H2,2-7H3,(H,31,33)/t26-,27+/m0/s1. The maximum absolute atomic E-state index is 12.5. The van der Waals surface area contributed by atoms with Crippen molar-refractivity contribution < 1.29 is 19.4 Å². The van der Waals surface area contributed by atoms with Crippen LogP contribution in [0.2, 0.25) is 0 Å². The molecule has 2 aromatic rings. The number of alkyl carbamates (subject to hydrolysis) is 1. The summed E-state index contributed by atoms with van der Waals surface area (Å²) in [5.41, 5.74) is 3.80. The van der Waals surface area contributed by atoms with Gasteiger partial charge in [0.25, 0.3) is 0 Å². The van der Waals surface area contributed by atoms with Crippen LogP contribution in [0, 0.1) is 6.92 Å². The van der Waals surface area contributed by atoms with Gasteiger partial charge in [0.2, 0.25) is 0 Å². The highest BCUT2D eigenvalue weighted by Gasteiger charge is 2.25. The Morgan fingerprint density at radius 1 is 1.14 bits per heavy atom. The number of hydrogen-bond donors (Lipinski definition) is 3. The van der Waals surface area contributed by atoms with Crippen LogP contribution in [-0.4, -0.2) is 42.1 Å². The number of aryl methyl sites for hydroxylation is 1. The molecule has 0 aromatic heterocycles. The number of nitrogens with one attached hydrogen (secondary N) is 2. The molecule has 0 heterocycles. The summed E-state index contributed by atoms with van der Waals surface area (Å²) in [6.45, 7) is 16.8. The molecule has 6 heteroatoms. The molecule has 6 nitrogen and oxygen atoms in total. The van der Waals surface area contributed by atoms with E-state index >= 15 is 0 Å². The molecule has 0 aliphatic heterocycles. The number of carbonyl (C=O) groups is 1. The number of hydrogen-bond acceptors (Lipinski definition) is 5. The lowest BCUT2D eigenvalue weighted by Gasteiger charge is -2.27. The smallest absolute Gasteiger partial charge is 0.407 e. The van der Waals surface area contributed by atoms with E-state index in [0.717, 1.165) is 22.4 Å². The first-order chi connectivity index (χ1) is 16.5. The van der Waals surface area contributed by atoms with Crippen molar-refractivity contribution in [2.75, 3.05) is 13.2 Å². The highest BCUT2D eigenvalue weighted by molar-refractivity contribution is 5.68. The maximum atomic E-state index is 12.5. The van der Waals surface area contributed by atoms with Crippen LogP contribution in [-0.2, 0) is 17.7 Å². The molecule has 0 unspecified atom stereocenters. The van der Waals surface area contributed by atoms with Gasteiger partial charge in [0, 0.05) is 13.1 Å². The van der Waals surface area contributed by atoms with Crippen molar-refractivity contribution in [2.24, 2.45) is 0 Å². The van der Waals surface area contributed by atoms with Gasteiger partial charge in [-0.2, -0.15) is 0 Å². The molecule has 2 rings (SSSR count). The van der Waals surface area contributed by atoms with Crippen molar-refractivity contribution in [2.45, 2.75) is 78.2 Å². The van der Waals surface area contributed by atoms with Gasteiger partial charge in [-0.05, 0) is 74.4 Å². The Kier molecular flexibility index (Phi) is 10.8. The summed E-state index contributed by atoms with van der Waals surface area (Å²) in [6.07, 6.45) is 0.744. The largest absolute Gasteiger partial charge is 0.490 e. The van der Waals surface area contributed by atoms with Crippen molar-refractivity contribution in [3.63, 3.8) is 0 Å². The van der Waals surface area contributed by atoms with Gasteiger partial charge >= 0.3 is 6.09 Å². The third-order valence-electron chi connectivity index (χ3n) is 5.40. The van der Waals surface area contributed by atoms with Gasteiger partial charge in [0.1, 0.15) is 18.0 Å². The summed E-state index contributed by atoms with van der Waals surface area (Å²) in [5, 5.41) is 17.2. The molecule has 0 saturated carbocycles. The zero-order valence-corrected chi connectivity index (χ0v) is 22.1. The van der Waals surface area contributed by atoms with Crippen LogP contribution in [0.3, 0.4) is 0 Å². The molecule has 0 radical (unpaired) electrons. The maximum Gasteiger partial charge on any atom is 0.407 e. The van der Waals surface area contributed by atoms with E-state index < -0.39 is 23.8 Å². The number of aliphatic hydroxyl groups excluding tert-OH is 1. The van der Waals surface area contributed by atoms with E-state index in [4.69, 9.17) is 9.47 Å². The Balaban J connectivity index is 2.11. The van der Waals surface area contributed by atoms with Gasteiger partial charge in [0.15, 0.2) is 0 Å². The van der Waals surface area contributed by atoms with E-state index in [0.29, 0.717) is 32.0 Å². The van der Waals surface area contributed by atoms with Crippen LogP contribution < -0.4 is 15.4 Å². The van der Waals surface area contributed by atoms with E-state index in [9.17, 15) is 9.90 Å². The van der Waals surface area contributed by atoms with Gasteiger partial charge in [-0.15, -0.1) is 0 Å². The number of benzene rings is 2. The molecule has 1 amide bonds. The average Bonchev–Trinajstić information content (AvgIpc) is 2.75. The molecule has 0 fully saturated rings. The van der Waals surface area contributed by atoms with Crippen molar-refractivity contribution >= 4 is 6.09 Å². The number of rotatable bonds is 12. The molecule has 192 valence electrons. The normalized spacial score (nSPS) is 13.3. The Morgan fingerprint density at radius 3 is 2.54 bits per heavy atom. The molecule has 0 bridgehead atoms. The molecular weight excluding hydrogens is 440 g/mol. The van der Waals surface area contributed by atoms with Crippen LogP contribution in [0.1, 0.15) is 62.8 Å². The van der Waals surface area contributed by atoms with E-state index in [1.807, 2.05) is 45.9 Å². The van der Waals surface area contributed by atoms with Crippen LogP contribution in [0.15, 0.2) is 55.1 Å². The predicted octanol–water partition coefficient (Wildman–Crippen LogP) is 5.27. The molecule has 2 aromatic carbocycles. The van der Waals surface area contributed by atoms with Gasteiger partial charge in [0.05, 0.1) is 12.1 Å². The lowest BCUT2D eigenvalue weighted by atomic mass is 9.99. The Bertz CT molecular complexity index is 965. The minimum Gasteiger partial charge on any atom is -0.490 e. The third-order valence-corrected chi connectivity index (χ3v) is 5.40. The fourth-order valence-electron chi connectivity index (χ4n) is 3.75. The number of ether oxygens (including phenoxy) is 2. The lowest BCUT2D eigenvalue weighted by molar-refractivity contribution is 0.0422. The molecule has 0 aliphatic rings. The summed E-state index contributed by atoms with van der Waals surface area (Å²) in [4.78, 5) is 12.5. The SMILES string of the molecule is C=CCOc1cc(C)cc(C[C@H](NC(=O)OC(C)(C)C)[C@H](O)CNCc2cccc(C(C)C)c2)c1. The molecule has 3 N–H and O–H groups in total. The van der Waals surface area contributed by atoms with Gasteiger partial charge in [-0.1, -0.05) is 56.8 Å². The summed E-state index contributed by atoms with van der Waals surface area (Å²) in [7, 11) is 0. The van der Waals surface area contributed by atoms with E-state index in [1.54, 1.807) is 6.08 Å². The lowest BCUT2D eigenvalue weighted by Crippen LogP contribution is -2.49. The Labute approximate surface area is 210 Å². The third kappa shape index (κ3) is 10.5. The average molecular weight is 483 g/mol. The molecule has 0 spiro atoms. The summed E-state index contributed by atoms with van der Waals surface area (Å²) in [6, 6.07) is 13.8. The quantitative estimate of drug-likeness (QED) is 0.359. The predicted molar refractivity (Wildman–Crippen MR) is 142 cm³/mol. The van der Waals surface area contributed by atoms with E-state index in [1.165, 1.54) is 5.56 Å². The minimum atomic E-state index is -0.825. The van der Waals surface area contributed by atoms with Crippen molar-refractivity contribution in [3.8, 4) is 5.75 Å². The first-order valence-corrected chi connectivity index (χ1v) is 12.3. The van der Waals surface area contributed by atoms with Crippen LogP contribution in [0.25, 0.3) is 0 Å². The number of carbonyl (C=O) groups excluding carboxylic acids is 1. The van der Waals surface area contributed by atoms with Gasteiger partial charge < -0.3 is 25.2 Å². The summed E-state index contributed by atoms with van der Waals surface area (Å²) in [5.74, 6) is 1.19. The molecule has 35 heavy (non-hydrogen) atoms. The molecule has 2 atom stereocenters. The fraction of sp³-hybridized carbons (Fsp3) is 0.483. The first kappa shape index (κ1) is 28.4. The molecular formula is C29H42N2O4. The molecule has 0 saturated heterocycles. The van der Waals surface area contributed by atoms with E-state index in [-0.39, 0.29) is 0 Å². The first-order valence-electron chi connectivity index (χ1n) is 12.3. The van der Waals surface area contributed by atoms with Crippen LogP contribution >= 0.6 is 0 Å². The monoisotopic (exact) mass is 482 g/mol. The summed E-state index contributed by atoms with van der Waals surface area (Å²) < 4.78 is 11.1. The number of amides is 1. The Hall–Kier alpha value is -2.83. The fourth-order valence-corrected chi connectivity index (χ4v) is 3.75.